The molecule has 0 bridgehead atoms. The van der Waals surface area contributed by atoms with Crippen LogP contribution in [0.1, 0.15) is 6.92 Å². The summed E-state index contributed by atoms with van der Waals surface area (Å²) in [6.45, 7) is 1.05. The van der Waals surface area contributed by atoms with Crippen LogP contribution in [0.4, 0.5) is 13.9 Å². The molecule has 4 aromatic rings. The number of nitrogens with one attached hydrogen (secondary N) is 1. The number of halogens is 2. The second-order valence-corrected chi connectivity index (χ2v) is 8.30. The number of carbonyl (C=O) groups excluding carboxylic acids is 2. The normalized spacial score (nSPS) is 11.5. The van der Waals surface area contributed by atoms with Crippen LogP contribution in [0.25, 0.3) is 22.4 Å². The largest absolute Gasteiger partial charge is 0.481 e. The maximum atomic E-state index is 13.5. The number of esters is 1. The molecule has 1 amide bonds. The minimum Gasteiger partial charge on any atom is -0.481 e. The smallest absolute Gasteiger partial charge is 0.344 e. The quantitative estimate of drug-likeness (QED) is 0.318. The summed E-state index contributed by atoms with van der Waals surface area (Å²) < 4.78 is 37.4. The number of carbonyl (C=O) groups is 2. The molecule has 3 aromatic carbocycles. The fraction of sp³-hybridized carbons (Fsp3) is 0.115. The van der Waals surface area contributed by atoms with Crippen LogP contribution >= 0.6 is 11.3 Å². The van der Waals surface area contributed by atoms with Crippen molar-refractivity contribution >= 4 is 28.3 Å². The Hall–Kier alpha value is -4.11. The van der Waals surface area contributed by atoms with E-state index in [1.165, 1.54) is 13.0 Å². The molecule has 35 heavy (non-hydrogen) atoms. The standard InChI is InChI=1S/C26H20F2N2O4S/c1-16(25(32)30-26-29-22(15-35-26)18-11-12-20(27)21(28)13-18)34-24(31)14-33-23-10-6-5-9-19(23)17-7-3-2-4-8-17/h2-13,15-16H,14H2,1H3,(H,29,30,32)/t16-/m1/s1. The Labute approximate surface area is 204 Å². The molecular weight excluding hydrogens is 474 g/mol. The van der Waals surface area contributed by atoms with Gasteiger partial charge in [-0.3, -0.25) is 10.1 Å². The molecule has 0 saturated heterocycles. The number of hydrogen-bond acceptors (Lipinski definition) is 6. The number of hydrogen-bond donors (Lipinski definition) is 1. The SMILES string of the molecule is C[C@@H](OC(=O)COc1ccccc1-c1ccccc1)C(=O)Nc1nc(-c2ccc(F)c(F)c2)cs1. The van der Waals surface area contributed by atoms with E-state index in [0.29, 0.717) is 17.0 Å². The fourth-order valence-corrected chi connectivity index (χ4v) is 3.92. The van der Waals surface area contributed by atoms with Gasteiger partial charge in [0.25, 0.3) is 5.91 Å². The molecule has 1 atom stereocenters. The lowest BCUT2D eigenvalue weighted by molar-refractivity contribution is -0.155. The first-order chi connectivity index (χ1) is 16.9. The van der Waals surface area contributed by atoms with E-state index in [0.717, 1.165) is 34.6 Å². The van der Waals surface area contributed by atoms with Gasteiger partial charge in [0.05, 0.1) is 5.69 Å². The van der Waals surface area contributed by atoms with Gasteiger partial charge in [-0.2, -0.15) is 0 Å². The van der Waals surface area contributed by atoms with E-state index in [-0.39, 0.29) is 11.7 Å². The lowest BCUT2D eigenvalue weighted by Gasteiger charge is -2.14. The number of rotatable bonds is 8. The summed E-state index contributed by atoms with van der Waals surface area (Å²) in [5, 5.41) is 4.37. The lowest BCUT2D eigenvalue weighted by Crippen LogP contribution is -2.31. The van der Waals surface area contributed by atoms with Crippen molar-refractivity contribution in [1.29, 1.82) is 0 Å². The van der Waals surface area contributed by atoms with Crippen molar-refractivity contribution in [2.45, 2.75) is 13.0 Å². The van der Waals surface area contributed by atoms with Crippen LogP contribution in [0.5, 0.6) is 5.75 Å². The molecule has 0 aliphatic carbocycles. The van der Waals surface area contributed by atoms with Gasteiger partial charge in [0.15, 0.2) is 29.5 Å². The van der Waals surface area contributed by atoms with Crippen LogP contribution in [0.2, 0.25) is 0 Å². The van der Waals surface area contributed by atoms with Gasteiger partial charge >= 0.3 is 5.97 Å². The molecule has 0 aliphatic rings. The lowest BCUT2D eigenvalue weighted by atomic mass is 10.1. The average molecular weight is 495 g/mol. The molecule has 0 aliphatic heterocycles. The monoisotopic (exact) mass is 494 g/mol. The number of para-hydroxylation sites is 1. The topological polar surface area (TPSA) is 77.5 Å². The van der Waals surface area contributed by atoms with Gasteiger partial charge in [0, 0.05) is 16.5 Å². The molecule has 1 aromatic heterocycles. The zero-order chi connectivity index (χ0) is 24.8. The predicted octanol–water partition coefficient (Wildman–Crippen LogP) is 5.70. The van der Waals surface area contributed by atoms with Gasteiger partial charge in [-0.15, -0.1) is 11.3 Å². The predicted molar refractivity (Wildman–Crippen MR) is 129 cm³/mol. The number of benzene rings is 3. The molecule has 4 rings (SSSR count). The third kappa shape index (κ3) is 6.07. The van der Waals surface area contributed by atoms with Crippen LogP contribution in [-0.2, 0) is 14.3 Å². The highest BCUT2D eigenvalue weighted by atomic mass is 32.1. The first-order valence-corrected chi connectivity index (χ1v) is 11.5. The van der Waals surface area contributed by atoms with Crippen molar-refractivity contribution in [1.82, 2.24) is 4.98 Å². The van der Waals surface area contributed by atoms with Crippen molar-refractivity contribution < 1.29 is 27.8 Å². The molecule has 0 spiro atoms. The number of anilines is 1. The highest BCUT2D eigenvalue weighted by Gasteiger charge is 2.20. The van der Waals surface area contributed by atoms with Gasteiger partial charge in [-0.1, -0.05) is 48.5 Å². The molecule has 178 valence electrons. The molecule has 0 radical (unpaired) electrons. The molecule has 9 heteroatoms. The van der Waals surface area contributed by atoms with E-state index in [9.17, 15) is 18.4 Å². The van der Waals surface area contributed by atoms with Crippen LogP contribution in [0.15, 0.2) is 78.2 Å². The Balaban J connectivity index is 1.31. The summed E-state index contributed by atoms with van der Waals surface area (Å²) in [6, 6.07) is 20.3. The maximum Gasteiger partial charge on any atom is 0.344 e. The highest BCUT2D eigenvalue weighted by molar-refractivity contribution is 7.14. The van der Waals surface area contributed by atoms with Crippen molar-refractivity contribution in [2.75, 3.05) is 11.9 Å². The van der Waals surface area contributed by atoms with E-state index in [1.807, 2.05) is 42.5 Å². The molecular formula is C26H20F2N2O4S. The van der Waals surface area contributed by atoms with E-state index in [1.54, 1.807) is 17.5 Å². The number of amides is 1. The third-order valence-corrected chi connectivity index (χ3v) is 5.70. The van der Waals surface area contributed by atoms with Gasteiger partial charge in [-0.25, -0.2) is 18.6 Å². The van der Waals surface area contributed by atoms with Gasteiger partial charge in [0.2, 0.25) is 0 Å². The zero-order valence-electron chi connectivity index (χ0n) is 18.5. The average Bonchev–Trinajstić information content (AvgIpc) is 3.33. The number of nitrogens with zero attached hydrogens (tertiary/aromatic N) is 1. The Bertz CT molecular complexity index is 1340. The molecule has 0 unspecified atom stereocenters. The maximum absolute atomic E-state index is 13.5. The van der Waals surface area contributed by atoms with E-state index in [4.69, 9.17) is 9.47 Å². The van der Waals surface area contributed by atoms with Crippen molar-refractivity contribution in [3.8, 4) is 28.1 Å². The van der Waals surface area contributed by atoms with E-state index in [2.05, 4.69) is 10.3 Å². The first kappa shape index (κ1) is 24.0. The molecule has 0 fully saturated rings. The summed E-state index contributed by atoms with van der Waals surface area (Å²) >= 11 is 1.10. The first-order valence-electron chi connectivity index (χ1n) is 10.6. The Morgan fingerprint density at radius 3 is 2.49 bits per heavy atom. The molecule has 1 N–H and O–H groups in total. The van der Waals surface area contributed by atoms with Crippen molar-refractivity contribution in [3.63, 3.8) is 0 Å². The Morgan fingerprint density at radius 2 is 1.71 bits per heavy atom. The second kappa shape index (κ2) is 10.9. The molecule has 1 heterocycles. The minimum absolute atomic E-state index is 0.227. The fourth-order valence-electron chi connectivity index (χ4n) is 3.20. The number of ether oxygens (including phenoxy) is 2. The number of aromatic nitrogens is 1. The van der Waals surface area contributed by atoms with Crippen LogP contribution in [-0.4, -0.2) is 29.6 Å². The van der Waals surface area contributed by atoms with Crippen LogP contribution < -0.4 is 10.1 Å². The van der Waals surface area contributed by atoms with Crippen molar-refractivity contribution in [2.24, 2.45) is 0 Å². The Morgan fingerprint density at radius 1 is 0.971 bits per heavy atom. The van der Waals surface area contributed by atoms with Crippen molar-refractivity contribution in [3.05, 3.63) is 89.8 Å². The van der Waals surface area contributed by atoms with Gasteiger partial charge < -0.3 is 9.47 Å². The summed E-state index contributed by atoms with van der Waals surface area (Å²) in [5.41, 5.74) is 2.51. The van der Waals surface area contributed by atoms with E-state index >= 15 is 0 Å². The van der Waals surface area contributed by atoms with Crippen LogP contribution in [0.3, 0.4) is 0 Å². The summed E-state index contributed by atoms with van der Waals surface area (Å²) in [7, 11) is 0. The minimum atomic E-state index is -1.11. The highest BCUT2D eigenvalue weighted by Crippen LogP contribution is 2.29. The number of thiazole rings is 1. The van der Waals surface area contributed by atoms with E-state index < -0.39 is 29.6 Å². The molecule has 0 saturated carbocycles. The summed E-state index contributed by atoms with van der Waals surface area (Å²) in [6.07, 6.45) is -1.11. The summed E-state index contributed by atoms with van der Waals surface area (Å²) in [4.78, 5) is 28.9. The zero-order valence-corrected chi connectivity index (χ0v) is 19.4. The third-order valence-electron chi connectivity index (χ3n) is 4.94. The van der Waals surface area contributed by atoms with Gasteiger partial charge in [-0.05, 0) is 36.8 Å². The second-order valence-electron chi connectivity index (χ2n) is 7.44. The van der Waals surface area contributed by atoms with Crippen LogP contribution in [0, 0.1) is 11.6 Å². The summed E-state index contributed by atoms with van der Waals surface area (Å²) in [5.74, 6) is -2.73. The Kier molecular flexibility index (Phi) is 7.47. The van der Waals surface area contributed by atoms with Gasteiger partial charge in [0.1, 0.15) is 5.75 Å². The molecule has 6 nitrogen and oxygen atoms in total.